The zero-order chi connectivity index (χ0) is 15.7. The molecule has 1 aromatic rings. The van der Waals surface area contributed by atoms with Gasteiger partial charge >= 0.3 is 5.97 Å². The number of aromatic nitrogens is 1. The largest absolute Gasteiger partial charge is 0.460 e. The molecule has 120 valence electrons. The molecule has 2 fully saturated rings. The van der Waals surface area contributed by atoms with Crippen LogP contribution in [0.3, 0.4) is 0 Å². The Labute approximate surface area is 134 Å². The monoisotopic (exact) mass is 322 g/mol. The number of carbonyl (C=O) groups excluding carboxylic acids is 2. The van der Waals surface area contributed by atoms with Crippen molar-refractivity contribution in [3.63, 3.8) is 0 Å². The number of nitrogens with zero attached hydrogens (tertiary/aromatic N) is 2. The minimum Gasteiger partial charge on any atom is -0.460 e. The first-order chi connectivity index (χ1) is 10.5. The zero-order valence-corrected chi connectivity index (χ0v) is 13.9. The maximum atomic E-state index is 12.3. The van der Waals surface area contributed by atoms with Crippen LogP contribution >= 0.6 is 11.3 Å². The van der Waals surface area contributed by atoms with E-state index in [9.17, 15) is 9.59 Å². The van der Waals surface area contributed by atoms with Gasteiger partial charge in [0, 0.05) is 19.0 Å². The van der Waals surface area contributed by atoms with E-state index in [1.165, 1.54) is 0 Å². The minimum atomic E-state index is -0.182. The Kier molecular flexibility index (Phi) is 4.47. The van der Waals surface area contributed by atoms with E-state index in [0.29, 0.717) is 13.2 Å². The first kappa shape index (κ1) is 15.5. The maximum absolute atomic E-state index is 12.3. The number of piperidine rings is 1. The summed E-state index contributed by atoms with van der Waals surface area (Å²) < 4.78 is 5.46. The molecule has 5 nitrogen and oxygen atoms in total. The SMILES string of the molecule is Cc1nc(C)c(COC(=O)[C@H]2CCCN(C(=O)C3CC3)C2)s1. The van der Waals surface area contributed by atoms with Gasteiger partial charge in [-0.1, -0.05) is 0 Å². The van der Waals surface area contributed by atoms with E-state index < -0.39 is 0 Å². The van der Waals surface area contributed by atoms with Crippen LogP contribution in [0.5, 0.6) is 0 Å². The number of carbonyl (C=O) groups is 2. The smallest absolute Gasteiger partial charge is 0.311 e. The lowest BCUT2D eigenvalue weighted by molar-refractivity contribution is -0.153. The predicted molar refractivity (Wildman–Crippen MR) is 83.4 cm³/mol. The predicted octanol–water partition coefficient (Wildman–Crippen LogP) is 2.45. The number of hydrogen-bond acceptors (Lipinski definition) is 5. The molecular formula is C16H22N2O3S. The second-order valence-electron chi connectivity index (χ2n) is 6.25. The Morgan fingerprint density at radius 2 is 2.05 bits per heavy atom. The molecule has 1 aliphatic carbocycles. The van der Waals surface area contributed by atoms with Crippen molar-refractivity contribution in [3.05, 3.63) is 15.6 Å². The molecule has 1 amide bonds. The number of ether oxygens (including phenoxy) is 1. The van der Waals surface area contributed by atoms with Crippen LogP contribution in [0.1, 0.15) is 41.3 Å². The van der Waals surface area contributed by atoms with Crippen molar-refractivity contribution in [1.82, 2.24) is 9.88 Å². The van der Waals surface area contributed by atoms with Crippen molar-refractivity contribution in [2.45, 2.75) is 46.1 Å². The summed E-state index contributed by atoms with van der Waals surface area (Å²) in [6, 6.07) is 0. The lowest BCUT2D eigenvalue weighted by atomic mass is 9.98. The summed E-state index contributed by atoms with van der Waals surface area (Å²) in [5, 5.41) is 0.988. The summed E-state index contributed by atoms with van der Waals surface area (Å²) in [5.74, 6) is 0.0912. The Bertz CT molecular complexity index is 580. The third-order valence-electron chi connectivity index (χ3n) is 4.34. The number of thiazole rings is 1. The highest BCUT2D eigenvalue weighted by molar-refractivity contribution is 7.11. The number of rotatable bonds is 4. The quantitative estimate of drug-likeness (QED) is 0.799. The summed E-state index contributed by atoms with van der Waals surface area (Å²) in [4.78, 5) is 31.6. The summed E-state index contributed by atoms with van der Waals surface area (Å²) >= 11 is 1.57. The van der Waals surface area contributed by atoms with Crippen LogP contribution in [0.25, 0.3) is 0 Å². The van der Waals surface area contributed by atoms with E-state index in [1.54, 1.807) is 11.3 Å². The number of esters is 1. The summed E-state index contributed by atoms with van der Waals surface area (Å²) in [7, 11) is 0. The molecule has 0 N–H and O–H groups in total. The maximum Gasteiger partial charge on any atom is 0.311 e. The molecule has 1 aromatic heterocycles. The third-order valence-corrected chi connectivity index (χ3v) is 5.38. The van der Waals surface area contributed by atoms with Crippen molar-refractivity contribution in [3.8, 4) is 0 Å². The molecule has 3 rings (SSSR count). The highest BCUT2D eigenvalue weighted by Crippen LogP contribution is 2.32. The molecule has 2 heterocycles. The molecule has 1 atom stereocenters. The standard InChI is InChI=1S/C16H22N2O3S/c1-10-14(22-11(2)17-10)9-21-16(20)13-4-3-7-18(8-13)15(19)12-5-6-12/h12-13H,3-9H2,1-2H3/t13-/m0/s1. The molecule has 1 saturated carbocycles. The van der Waals surface area contributed by atoms with Crippen LogP contribution in [-0.2, 0) is 20.9 Å². The van der Waals surface area contributed by atoms with Crippen molar-refractivity contribution in [1.29, 1.82) is 0 Å². The van der Waals surface area contributed by atoms with E-state index in [4.69, 9.17) is 4.74 Å². The van der Waals surface area contributed by atoms with Crippen LogP contribution < -0.4 is 0 Å². The molecule has 6 heteroatoms. The molecule has 1 saturated heterocycles. The van der Waals surface area contributed by atoms with Gasteiger partial charge in [-0.2, -0.15) is 0 Å². The van der Waals surface area contributed by atoms with Crippen LogP contribution in [0.15, 0.2) is 0 Å². The lowest BCUT2D eigenvalue weighted by Gasteiger charge is -2.31. The fourth-order valence-corrected chi connectivity index (χ4v) is 3.77. The van der Waals surface area contributed by atoms with Gasteiger partial charge in [0.2, 0.25) is 5.91 Å². The summed E-state index contributed by atoms with van der Waals surface area (Å²) in [6.45, 7) is 5.49. The second kappa shape index (κ2) is 6.36. The van der Waals surface area contributed by atoms with E-state index in [0.717, 1.165) is 47.8 Å². The van der Waals surface area contributed by atoms with Gasteiger partial charge in [0.25, 0.3) is 0 Å². The Hall–Kier alpha value is -1.43. The normalized spacial score (nSPS) is 21.7. The number of amides is 1. The molecule has 2 aliphatic rings. The molecule has 1 aliphatic heterocycles. The van der Waals surface area contributed by atoms with Crippen molar-refractivity contribution in [2.24, 2.45) is 11.8 Å². The van der Waals surface area contributed by atoms with E-state index in [-0.39, 0.29) is 23.7 Å². The first-order valence-electron chi connectivity index (χ1n) is 7.93. The molecule has 0 unspecified atom stereocenters. The highest BCUT2D eigenvalue weighted by Gasteiger charge is 2.37. The Balaban J connectivity index is 1.53. The van der Waals surface area contributed by atoms with Gasteiger partial charge in [0.1, 0.15) is 6.61 Å². The zero-order valence-electron chi connectivity index (χ0n) is 13.1. The summed E-state index contributed by atoms with van der Waals surface area (Å²) in [5.41, 5.74) is 0.935. The van der Waals surface area contributed by atoms with Gasteiger partial charge in [0.15, 0.2) is 0 Å². The second-order valence-corrected chi connectivity index (χ2v) is 7.53. The lowest BCUT2D eigenvalue weighted by Crippen LogP contribution is -2.43. The van der Waals surface area contributed by atoms with Gasteiger partial charge in [-0.25, -0.2) is 4.98 Å². The molecule has 0 radical (unpaired) electrons. The number of aryl methyl sites for hydroxylation is 2. The van der Waals surface area contributed by atoms with Gasteiger partial charge in [-0.15, -0.1) is 11.3 Å². The number of likely N-dealkylation sites (tertiary alicyclic amines) is 1. The molecular weight excluding hydrogens is 300 g/mol. The third kappa shape index (κ3) is 3.48. The van der Waals surface area contributed by atoms with Crippen LogP contribution in [0, 0.1) is 25.7 Å². The average Bonchev–Trinajstić information content (AvgIpc) is 3.30. The van der Waals surface area contributed by atoms with E-state index in [1.807, 2.05) is 18.7 Å². The van der Waals surface area contributed by atoms with Crippen molar-refractivity contribution in [2.75, 3.05) is 13.1 Å². The van der Waals surface area contributed by atoms with Crippen molar-refractivity contribution >= 4 is 23.2 Å². The Morgan fingerprint density at radius 1 is 1.27 bits per heavy atom. The van der Waals surface area contributed by atoms with Gasteiger partial charge in [-0.3, -0.25) is 9.59 Å². The van der Waals surface area contributed by atoms with E-state index in [2.05, 4.69) is 4.98 Å². The highest BCUT2D eigenvalue weighted by atomic mass is 32.1. The first-order valence-corrected chi connectivity index (χ1v) is 8.74. The molecule has 0 aromatic carbocycles. The van der Waals surface area contributed by atoms with Crippen LogP contribution in [0.4, 0.5) is 0 Å². The average molecular weight is 322 g/mol. The van der Waals surface area contributed by atoms with Crippen LogP contribution in [-0.4, -0.2) is 34.8 Å². The van der Waals surface area contributed by atoms with Crippen molar-refractivity contribution < 1.29 is 14.3 Å². The topological polar surface area (TPSA) is 59.5 Å². The van der Waals surface area contributed by atoms with Gasteiger partial charge in [0.05, 0.1) is 21.5 Å². The fourth-order valence-electron chi connectivity index (χ4n) is 2.92. The minimum absolute atomic E-state index is 0.175. The molecule has 22 heavy (non-hydrogen) atoms. The van der Waals surface area contributed by atoms with Gasteiger partial charge < -0.3 is 9.64 Å². The molecule has 0 bridgehead atoms. The fraction of sp³-hybridized carbons (Fsp3) is 0.688. The number of hydrogen-bond donors (Lipinski definition) is 0. The Morgan fingerprint density at radius 3 is 2.68 bits per heavy atom. The van der Waals surface area contributed by atoms with E-state index >= 15 is 0 Å². The van der Waals surface area contributed by atoms with Gasteiger partial charge in [-0.05, 0) is 39.5 Å². The summed E-state index contributed by atoms with van der Waals surface area (Å²) in [6.07, 6.45) is 3.72. The molecule has 0 spiro atoms. The van der Waals surface area contributed by atoms with Crippen LogP contribution in [0.2, 0.25) is 0 Å².